The minimum Gasteiger partial charge on any atom is -0.325 e. The van der Waals surface area contributed by atoms with Gasteiger partial charge >= 0.3 is 0 Å². The lowest BCUT2D eigenvalue weighted by molar-refractivity contribution is -0.385. The topological polar surface area (TPSA) is 113 Å². The molecule has 0 saturated heterocycles. The van der Waals surface area contributed by atoms with E-state index in [1.165, 1.54) is 38.4 Å². The van der Waals surface area contributed by atoms with Crippen molar-refractivity contribution in [2.45, 2.75) is 24.4 Å². The molecule has 2 rings (SSSR count). The minimum absolute atomic E-state index is 0.0202. The number of nitrogens with one attached hydrogen (secondary N) is 1. The first-order chi connectivity index (χ1) is 13.9. The highest BCUT2D eigenvalue weighted by atomic mass is 35.5. The summed E-state index contributed by atoms with van der Waals surface area (Å²) in [6, 6.07) is 9.88. The number of halogens is 1. The molecule has 0 aliphatic rings. The minimum atomic E-state index is -3.78. The van der Waals surface area contributed by atoms with Crippen LogP contribution in [0.3, 0.4) is 0 Å². The average molecular weight is 455 g/mol. The largest absolute Gasteiger partial charge is 0.325 e. The number of anilines is 1. The lowest BCUT2D eigenvalue weighted by Crippen LogP contribution is -2.39. The molecule has 0 aliphatic carbocycles. The number of para-hydroxylation sites is 1. The Bertz CT molecular complexity index is 1060. The van der Waals surface area contributed by atoms with Crippen LogP contribution in [0.1, 0.15) is 12.5 Å². The van der Waals surface area contributed by atoms with Crippen molar-refractivity contribution in [1.82, 2.24) is 9.21 Å². The van der Waals surface area contributed by atoms with E-state index in [-0.39, 0.29) is 27.8 Å². The molecule has 30 heavy (non-hydrogen) atoms. The number of likely N-dealkylation sites (N-methyl/N-ethyl adjacent to an activating group) is 1. The number of hydrogen-bond donors (Lipinski definition) is 1. The van der Waals surface area contributed by atoms with E-state index >= 15 is 0 Å². The molecular weight excluding hydrogens is 432 g/mol. The fourth-order valence-electron chi connectivity index (χ4n) is 2.65. The van der Waals surface area contributed by atoms with Crippen molar-refractivity contribution in [3.05, 3.63) is 63.2 Å². The summed E-state index contributed by atoms with van der Waals surface area (Å²) >= 11 is 6.02. The summed E-state index contributed by atoms with van der Waals surface area (Å²) in [7, 11) is 0.662. The van der Waals surface area contributed by atoms with Crippen LogP contribution in [0.5, 0.6) is 0 Å². The van der Waals surface area contributed by atoms with Crippen molar-refractivity contribution in [2.75, 3.05) is 26.5 Å². The van der Waals surface area contributed by atoms with Gasteiger partial charge in [-0.1, -0.05) is 29.8 Å². The Morgan fingerprint density at radius 1 is 1.20 bits per heavy atom. The fourth-order valence-corrected chi connectivity index (χ4v) is 4.04. The number of rotatable bonds is 8. The van der Waals surface area contributed by atoms with E-state index in [9.17, 15) is 23.3 Å². The molecule has 0 saturated carbocycles. The van der Waals surface area contributed by atoms with E-state index in [0.29, 0.717) is 5.56 Å². The molecule has 0 radical (unpaired) electrons. The van der Waals surface area contributed by atoms with Crippen LogP contribution in [0.25, 0.3) is 0 Å². The molecule has 0 bridgehead atoms. The average Bonchev–Trinajstić information content (AvgIpc) is 2.68. The lowest BCUT2D eigenvalue weighted by Gasteiger charge is -2.24. The van der Waals surface area contributed by atoms with Crippen molar-refractivity contribution in [3.63, 3.8) is 0 Å². The van der Waals surface area contributed by atoms with E-state index in [2.05, 4.69) is 5.32 Å². The SMILES string of the molecule is CC(C(=O)Nc1ccc(Cl)c(S(=O)(=O)N(C)C)c1)N(C)Cc1ccccc1[N+](=O)[O-]. The second-order valence-electron chi connectivity index (χ2n) is 6.90. The van der Waals surface area contributed by atoms with E-state index in [0.717, 1.165) is 4.31 Å². The number of amides is 1. The highest BCUT2D eigenvalue weighted by Crippen LogP contribution is 2.27. The van der Waals surface area contributed by atoms with Gasteiger partial charge in [-0.3, -0.25) is 19.8 Å². The first-order valence-corrected chi connectivity index (χ1v) is 10.7. The Balaban J connectivity index is 2.17. The van der Waals surface area contributed by atoms with E-state index in [1.807, 2.05) is 0 Å². The van der Waals surface area contributed by atoms with E-state index in [1.54, 1.807) is 37.1 Å². The highest BCUT2D eigenvalue weighted by Gasteiger charge is 2.24. The summed E-state index contributed by atoms with van der Waals surface area (Å²) < 4.78 is 25.8. The molecule has 9 nitrogen and oxygen atoms in total. The van der Waals surface area contributed by atoms with Crippen LogP contribution in [-0.4, -0.2) is 55.6 Å². The molecule has 2 aromatic carbocycles. The Morgan fingerprint density at radius 2 is 1.83 bits per heavy atom. The highest BCUT2D eigenvalue weighted by molar-refractivity contribution is 7.89. The van der Waals surface area contributed by atoms with Gasteiger partial charge in [0.15, 0.2) is 0 Å². The number of benzene rings is 2. The molecule has 0 aromatic heterocycles. The molecule has 0 aliphatic heterocycles. The van der Waals surface area contributed by atoms with Gasteiger partial charge in [0.1, 0.15) is 4.90 Å². The van der Waals surface area contributed by atoms with Gasteiger partial charge in [-0.2, -0.15) is 0 Å². The standard InChI is InChI=1S/C19H23ClN4O5S/c1-13(23(4)12-14-7-5-6-8-17(14)24(26)27)19(25)21-15-9-10-16(20)18(11-15)30(28,29)22(2)3/h5-11,13H,12H2,1-4H3,(H,21,25). The summed E-state index contributed by atoms with van der Waals surface area (Å²) in [6.45, 7) is 1.84. The maximum atomic E-state index is 12.7. The molecule has 11 heteroatoms. The molecule has 2 aromatic rings. The normalized spacial score (nSPS) is 12.8. The van der Waals surface area contributed by atoms with Crippen molar-refractivity contribution in [1.29, 1.82) is 0 Å². The summed E-state index contributed by atoms with van der Waals surface area (Å²) in [6.07, 6.45) is 0. The number of nitro benzene ring substituents is 1. The van der Waals surface area contributed by atoms with Gasteiger partial charge in [0.05, 0.1) is 16.0 Å². The molecule has 1 atom stereocenters. The van der Waals surface area contributed by atoms with Gasteiger partial charge in [-0.25, -0.2) is 12.7 Å². The van der Waals surface area contributed by atoms with Gasteiger partial charge in [-0.05, 0) is 32.2 Å². The van der Waals surface area contributed by atoms with Gasteiger partial charge < -0.3 is 5.32 Å². The Kier molecular flexibility index (Phi) is 7.54. The van der Waals surface area contributed by atoms with Crippen molar-refractivity contribution in [2.24, 2.45) is 0 Å². The van der Waals surface area contributed by atoms with Gasteiger partial charge in [0.25, 0.3) is 5.69 Å². The predicted octanol–water partition coefficient (Wildman–Crippen LogP) is 2.96. The molecule has 0 spiro atoms. The monoisotopic (exact) mass is 454 g/mol. The summed E-state index contributed by atoms with van der Waals surface area (Å²) in [5, 5.41) is 13.9. The molecular formula is C19H23ClN4O5S. The summed E-state index contributed by atoms with van der Waals surface area (Å²) in [4.78, 5) is 24.9. The molecule has 162 valence electrons. The first kappa shape index (κ1) is 23.7. The third kappa shape index (κ3) is 5.33. The third-order valence-corrected chi connectivity index (χ3v) is 6.90. The van der Waals surface area contributed by atoms with Crippen LogP contribution in [0.4, 0.5) is 11.4 Å². The predicted molar refractivity (Wildman–Crippen MR) is 115 cm³/mol. The zero-order chi connectivity index (χ0) is 22.6. The summed E-state index contributed by atoms with van der Waals surface area (Å²) in [5.41, 5.74) is 0.736. The second-order valence-corrected chi connectivity index (χ2v) is 9.43. The molecule has 1 N–H and O–H groups in total. The molecule has 0 fully saturated rings. The number of nitrogens with zero attached hydrogens (tertiary/aromatic N) is 3. The first-order valence-electron chi connectivity index (χ1n) is 8.90. The van der Waals surface area contributed by atoms with Crippen molar-refractivity contribution in [3.8, 4) is 0 Å². The van der Waals surface area contributed by atoms with Crippen molar-refractivity contribution >= 4 is 38.9 Å². The quantitative estimate of drug-likeness (QED) is 0.484. The van der Waals surface area contributed by atoms with Gasteiger partial charge in [0, 0.05) is 38.0 Å². The van der Waals surface area contributed by atoms with E-state index in [4.69, 9.17) is 11.6 Å². The fraction of sp³-hybridized carbons (Fsp3) is 0.316. The smallest absolute Gasteiger partial charge is 0.273 e. The van der Waals surface area contributed by atoms with Gasteiger partial charge in [0.2, 0.25) is 15.9 Å². The van der Waals surface area contributed by atoms with Gasteiger partial charge in [-0.15, -0.1) is 0 Å². The maximum absolute atomic E-state index is 12.7. The van der Waals surface area contributed by atoms with Crippen molar-refractivity contribution < 1.29 is 18.1 Å². The zero-order valence-corrected chi connectivity index (χ0v) is 18.6. The van der Waals surface area contributed by atoms with Crippen LogP contribution in [0, 0.1) is 10.1 Å². The molecule has 0 heterocycles. The number of carbonyl (C=O) groups excluding carboxylic acids is 1. The third-order valence-electron chi connectivity index (χ3n) is 4.61. The van der Waals surface area contributed by atoms with E-state index < -0.39 is 26.9 Å². The Labute approximate surface area is 180 Å². The van der Waals surface area contributed by atoms with Crippen LogP contribution in [0.2, 0.25) is 5.02 Å². The van der Waals surface area contributed by atoms with Crippen LogP contribution in [0.15, 0.2) is 47.4 Å². The molecule has 1 unspecified atom stereocenters. The number of sulfonamides is 1. The zero-order valence-electron chi connectivity index (χ0n) is 17.0. The number of nitro groups is 1. The van der Waals surface area contributed by atoms with Crippen LogP contribution >= 0.6 is 11.6 Å². The number of hydrogen-bond acceptors (Lipinski definition) is 6. The summed E-state index contributed by atoms with van der Waals surface area (Å²) in [5.74, 6) is -0.397. The van der Waals surface area contributed by atoms with Crippen LogP contribution < -0.4 is 5.32 Å². The van der Waals surface area contributed by atoms with Crippen LogP contribution in [-0.2, 0) is 21.4 Å². The second kappa shape index (κ2) is 9.52. The lowest BCUT2D eigenvalue weighted by atomic mass is 10.1. The Hall–Kier alpha value is -2.53. The number of carbonyl (C=O) groups is 1. The maximum Gasteiger partial charge on any atom is 0.273 e. The Morgan fingerprint density at radius 3 is 2.43 bits per heavy atom. The molecule has 1 amide bonds.